The number of barbiturate groups is 1. The summed E-state index contributed by atoms with van der Waals surface area (Å²) in [6.07, 6.45) is 1.05. The zero-order chi connectivity index (χ0) is 29.4. The minimum Gasteiger partial charge on any atom is -0.497 e. The molecular weight excluding hydrogens is 536 g/mol. The number of imide groups is 2. The summed E-state index contributed by atoms with van der Waals surface area (Å²) in [5.74, 6) is 0.420. The van der Waals surface area contributed by atoms with Gasteiger partial charge in [0.25, 0.3) is 11.5 Å². The first-order chi connectivity index (χ1) is 20.3. The van der Waals surface area contributed by atoms with Crippen LogP contribution in [0.1, 0.15) is 30.5 Å². The van der Waals surface area contributed by atoms with E-state index in [1.165, 1.54) is 7.11 Å². The number of anilines is 1. The summed E-state index contributed by atoms with van der Waals surface area (Å²) in [7, 11) is 1.54. The summed E-state index contributed by atoms with van der Waals surface area (Å²) in [5, 5.41) is 2.49. The molecule has 3 aliphatic rings. The minimum atomic E-state index is -1.57. The Morgan fingerprint density at radius 3 is 2.36 bits per heavy atom. The molecule has 2 fully saturated rings. The zero-order valence-corrected chi connectivity index (χ0v) is 23.7. The van der Waals surface area contributed by atoms with E-state index in [0.29, 0.717) is 43.4 Å². The molecule has 2 aromatic carbocycles. The maximum absolute atomic E-state index is 14.5. The normalized spacial score (nSPS) is 23.8. The molecule has 4 heterocycles. The lowest BCUT2D eigenvalue weighted by Gasteiger charge is -2.47. The fourth-order valence-corrected chi connectivity index (χ4v) is 6.72. The summed E-state index contributed by atoms with van der Waals surface area (Å²) in [6.45, 7) is 4.40. The number of nitrogens with one attached hydrogen (secondary N) is 1. The van der Waals surface area contributed by atoms with Crippen molar-refractivity contribution in [2.45, 2.75) is 32.2 Å². The second-order valence-electron chi connectivity index (χ2n) is 11.3. The molecule has 3 aliphatic heterocycles. The van der Waals surface area contributed by atoms with Crippen LogP contribution in [-0.4, -0.2) is 60.7 Å². The first-order valence-electron chi connectivity index (χ1n) is 14.3. The standard InChI is InChI=1S/C32H34N4O6/c1-3-42-26-11-7-21(8-12-26)16-32(20-34-17-22-15-23(19-34)27-5-4-6-28(37)35(27)18-22)29(38)33-31(40)36(30(32)39)24-9-13-25(41-2)14-10-24/h4-14,22-23H,3,15-20H2,1-2H3,(H,33,38,40)/t22-,23+,32?/m1/s1. The Labute approximate surface area is 243 Å². The van der Waals surface area contributed by atoms with Crippen molar-refractivity contribution < 1.29 is 23.9 Å². The number of rotatable bonds is 8. The van der Waals surface area contributed by atoms with E-state index in [0.717, 1.165) is 22.6 Å². The van der Waals surface area contributed by atoms with E-state index in [4.69, 9.17) is 9.47 Å². The fourth-order valence-electron chi connectivity index (χ4n) is 6.72. The van der Waals surface area contributed by atoms with E-state index >= 15 is 0 Å². The van der Waals surface area contributed by atoms with Gasteiger partial charge in [-0.2, -0.15) is 0 Å². The maximum Gasteiger partial charge on any atom is 0.335 e. The van der Waals surface area contributed by atoms with Gasteiger partial charge in [0.15, 0.2) is 0 Å². The van der Waals surface area contributed by atoms with Crippen LogP contribution in [0.3, 0.4) is 0 Å². The number of hydrogen-bond acceptors (Lipinski definition) is 7. The quantitative estimate of drug-likeness (QED) is 0.414. The van der Waals surface area contributed by atoms with Crippen molar-refractivity contribution >= 4 is 23.5 Å². The van der Waals surface area contributed by atoms with Crippen LogP contribution in [0.2, 0.25) is 0 Å². The molecule has 1 N–H and O–H groups in total. The third kappa shape index (κ3) is 4.96. The van der Waals surface area contributed by atoms with E-state index in [2.05, 4.69) is 10.2 Å². The first kappa shape index (κ1) is 27.7. The number of piperidine rings is 1. The van der Waals surface area contributed by atoms with Crippen molar-refractivity contribution in [2.24, 2.45) is 11.3 Å². The van der Waals surface area contributed by atoms with Crippen LogP contribution in [-0.2, 0) is 22.6 Å². The Kier molecular flexibility index (Phi) is 7.32. The van der Waals surface area contributed by atoms with E-state index in [1.807, 2.05) is 41.8 Å². The lowest BCUT2D eigenvalue weighted by molar-refractivity contribution is -0.144. The van der Waals surface area contributed by atoms with Crippen LogP contribution in [0.15, 0.2) is 71.5 Å². The SMILES string of the molecule is CCOc1ccc(CC2(CN3C[C@H]4C[C@@H](C3)c3cccc(=O)n3C4)C(=O)NC(=O)N(c3ccc(OC)cc3)C2=O)cc1. The van der Waals surface area contributed by atoms with Gasteiger partial charge < -0.3 is 18.9 Å². The van der Waals surface area contributed by atoms with Gasteiger partial charge in [0, 0.05) is 43.9 Å². The Balaban J connectivity index is 1.36. The average molecular weight is 571 g/mol. The molecule has 10 heteroatoms. The van der Waals surface area contributed by atoms with Gasteiger partial charge in [0.05, 0.1) is 19.4 Å². The first-order valence-corrected chi connectivity index (χ1v) is 14.3. The molecule has 3 atom stereocenters. The number of nitrogens with zero attached hydrogens (tertiary/aromatic N) is 3. The Bertz CT molecular complexity index is 1570. The largest absolute Gasteiger partial charge is 0.497 e. The minimum absolute atomic E-state index is 0.00176. The molecule has 6 rings (SSSR count). The second-order valence-corrected chi connectivity index (χ2v) is 11.3. The molecule has 1 unspecified atom stereocenters. The molecule has 1 aromatic heterocycles. The molecule has 0 spiro atoms. The summed E-state index contributed by atoms with van der Waals surface area (Å²) in [6, 6.07) is 18.6. The van der Waals surface area contributed by atoms with Crippen LogP contribution in [0.5, 0.6) is 11.5 Å². The smallest absolute Gasteiger partial charge is 0.335 e. The number of likely N-dealkylation sites (tertiary alicyclic amines) is 1. The third-order valence-corrected chi connectivity index (χ3v) is 8.59. The Hall–Kier alpha value is -4.44. The van der Waals surface area contributed by atoms with Crippen LogP contribution >= 0.6 is 0 Å². The average Bonchev–Trinajstić information content (AvgIpc) is 2.98. The van der Waals surface area contributed by atoms with Gasteiger partial charge in [0.1, 0.15) is 16.9 Å². The van der Waals surface area contributed by atoms with Crippen molar-refractivity contribution in [3.8, 4) is 11.5 Å². The third-order valence-electron chi connectivity index (χ3n) is 8.59. The van der Waals surface area contributed by atoms with E-state index in [9.17, 15) is 19.2 Å². The van der Waals surface area contributed by atoms with Gasteiger partial charge >= 0.3 is 6.03 Å². The lowest BCUT2D eigenvalue weighted by atomic mass is 9.75. The zero-order valence-electron chi connectivity index (χ0n) is 23.7. The number of benzene rings is 2. The van der Waals surface area contributed by atoms with Crippen molar-refractivity contribution in [2.75, 3.05) is 38.3 Å². The molecule has 0 radical (unpaired) electrons. The van der Waals surface area contributed by atoms with E-state index < -0.39 is 23.3 Å². The second kappa shape index (κ2) is 11.1. The molecule has 3 aromatic rings. The van der Waals surface area contributed by atoms with Gasteiger partial charge in [-0.15, -0.1) is 0 Å². The molecular formula is C32H34N4O6. The summed E-state index contributed by atoms with van der Waals surface area (Å²) in [5.41, 5.74) is 0.547. The molecule has 42 heavy (non-hydrogen) atoms. The number of carbonyl (C=O) groups excluding carboxylic acids is 3. The number of ether oxygens (including phenoxy) is 2. The van der Waals surface area contributed by atoms with Crippen LogP contribution in [0, 0.1) is 11.3 Å². The highest BCUT2D eigenvalue weighted by Crippen LogP contribution is 2.39. The topological polar surface area (TPSA) is 110 Å². The number of aromatic nitrogens is 1. The monoisotopic (exact) mass is 570 g/mol. The fraction of sp³-hybridized carbons (Fsp3) is 0.375. The molecule has 2 bridgehead atoms. The molecule has 10 nitrogen and oxygen atoms in total. The predicted octanol–water partition coefficient (Wildman–Crippen LogP) is 3.19. The number of carbonyl (C=O) groups is 3. The van der Waals surface area contributed by atoms with Crippen molar-refractivity contribution in [1.82, 2.24) is 14.8 Å². The number of pyridine rings is 1. The number of amides is 4. The number of methoxy groups -OCH3 is 1. The van der Waals surface area contributed by atoms with Crippen molar-refractivity contribution in [1.29, 1.82) is 0 Å². The van der Waals surface area contributed by atoms with Gasteiger partial charge in [-0.1, -0.05) is 18.2 Å². The Morgan fingerprint density at radius 2 is 1.64 bits per heavy atom. The van der Waals surface area contributed by atoms with E-state index in [-0.39, 0.29) is 30.4 Å². The molecule has 0 aliphatic carbocycles. The summed E-state index contributed by atoms with van der Waals surface area (Å²) in [4.78, 5) is 57.2. The van der Waals surface area contributed by atoms with Gasteiger partial charge in [-0.25, -0.2) is 9.69 Å². The maximum atomic E-state index is 14.5. The number of hydrogen-bond donors (Lipinski definition) is 1. The van der Waals surface area contributed by atoms with Crippen LogP contribution in [0.4, 0.5) is 10.5 Å². The van der Waals surface area contributed by atoms with Crippen LogP contribution in [0.25, 0.3) is 0 Å². The highest BCUT2D eigenvalue weighted by atomic mass is 16.5. The van der Waals surface area contributed by atoms with Crippen LogP contribution < -0.4 is 25.2 Å². The van der Waals surface area contributed by atoms with Gasteiger partial charge in [-0.05, 0) is 73.7 Å². The van der Waals surface area contributed by atoms with E-state index in [1.54, 1.807) is 36.4 Å². The van der Waals surface area contributed by atoms with Gasteiger partial charge in [-0.3, -0.25) is 19.7 Å². The summed E-state index contributed by atoms with van der Waals surface area (Å²) < 4.78 is 12.7. The lowest BCUT2D eigenvalue weighted by Crippen LogP contribution is -2.68. The molecule has 218 valence electrons. The molecule has 0 saturated carbocycles. The molecule has 4 amide bonds. The highest BCUT2D eigenvalue weighted by Gasteiger charge is 2.55. The number of urea groups is 1. The van der Waals surface area contributed by atoms with Crippen molar-refractivity contribution in [3.05, 3.63) is 88.3 Å². The highest BCUT2D eigenvalue weighted by molar-refractivity contribution is 6.30. The van der Waals surface area contributed by atoms with Crippen molar-refractivity contribution in [3.63, 3.8) is 0 Å². The predicted molar refractivity (Wildman–Crippen MR) is 156 cm³/mol. The number of fused-ring (bicyclic) bond motifs is 4. The molecule has 2 saturated heterocycles. The van der Waals surface area contributed by atoms with Gasteiger partial charge in [0.2, 0.25) is 5.91 Å². The summed E-state index contributed by atoms with van der Waals surface area (Å²) >= 11 is 0. The Morgan fingerprint density at radius 1 is 0.905 bits per heavy atom.